The Hall–Kier alpha value is -2.43. The lowest BCUT2D eigenvalue weighted by Gasteiger charge is -2.13. The number of likely N-dealkylation sites (N-methyl/N-ethyl adjacent to an activating group) is 2. The van der Waals surface area contributed by atoms with Crippen molar-refractivity contribution in [3.63, 3.8) is 0 Å². The van der Waals surface area contributed by atoms with Crippen molar-refractivity contribution in [3.8, 4) is 0 Å². The van der Waals surface area contributed by atoms with Gasteiger partial charge < -0.3 is 10.2 Å². The summed E-state index contributed by atoms with van der Waals surface area (Å²) in [6.45, 7) is -0.139. The van der Waals surface area contributed by atoms with E-state index in [9.17, 15) is 14.4 Å². The lowest BCUT2D eigenvalue weighted by Crippen LogP contribution is -2.39. The van der Waals surface area contributed by atoms with Crippen LogP contribution in [0.15, 0.2) is 36.4 Å². The zero-order valence-electron chi connectivity index (χ0n) is 10.9. The van der Waals surface area contributed by atoms with Crippen LogP contribution in [0.3, 0.4) is 0 Å². The molecule has 0 spiro atoms. The number of carbonyl (C=O) groups excluding carboxylic acids is 3. The maximum absolute atomic E-state index is 11.7. The largest absolute Gasteiger partial charge is 0.358 e. The van der Waals surface area contributed by atoms with Gasteiger partial charge in [-0.05, 0) is 11.6 Å². The summed E-state index contributed by atoms with van der Waals surface area (Å²) in [6.07, 6.45) is 2.77. The van der Waals surface area contributed by atoms with E-state index in [1.54, 1.807) is 6.08 Å². The molecule has 0 aliphatic heterocycles. The third-order valence-corrected chi connectivity index (χ3v) is 2.44. The molecule has 0 aliphatic carbocycles. The Morgan fingerprint density at radius 1 is 1.21 bits per heavy atom. The Kier molecular flexibility index (Phi) is 5.47. The van der Waals surface area contributed by atoms with Crippen LogP contribution in [0.5, 0.6) is 0 Å². The number of nitrogens with one attached hydrogen (secondary N) is 1. The fourth-order valence-electron chi connectivity index (χ4n) is 1.36. The van der Waals surface area contributed by atoms with Crippen molar-refractivity contribution in [1.29, 1.82) is 0 Å². The number of hydrogen-bond donors (Lipinski definition) is 1. The minimum absolute atomic E-state index is 0.139. The molecule has 0 aliphatic rings. The molecule has 0 atom stereocenters. The van der Waals surface area contributed by atoms with Crippen LogP contribution >= 0.6 is 0 Å². The highest BCUT2D eigenvalue weighted by Crippen LogP contribution is 2.01. The molecule has 0 saturated heterocycles. The Balaban J connectivity index is 2.60. The van der Waals surface area contributed by atoms with E-state index in [4.69, 9.17) is 0 Å². The summed E-state index contributed by atoms with van der Waals surface area (Å²) in [4.78, 5) is 35.5. The first-order chi connectivity index (χ1) is 9.04. The highest BCUT2D eigenvalue weighted by atomic mass is 16.2. The third kappa shape index (κ3) is 4.75. The van der Waals surface area contributed by atoms with Gasteiger partial charge >= 0.3 is 0 Å². The van der Waals surface area contributed by atoms with Crippen molar-refractivity contribution in [2.45, 2.75) is 0 Å². The smallest absolute Gasteiger partial charge is 0.294 e. The summed E-state index contributed by atoms with van der Waals surface area (Å²) >= 11 is 0. The molecule has 1 aromatic rings. The molecule has 5 heteroatoms. The second-order valence-corrected chi connectivity index (χ2v) is 3.94. The molecule has 0 heterocycles. The van der Waals surface area contributed by atoms with Crippen molar-refractivity contribution in [3.05, 3.63) is 42.0 Å². The molecule has 0 saturated carbocycles. The average molecular weight is 260 g/mol. The molecule has 0 radical (unpaired) electrons. The van der Waals surface area contributed by atoms with Gasteiger partial charge in [-0.25, -0.2) is 0 Å². The first-order valence-electron chi connectivity index (χ1n) is 5.77. The van der Waals surface area contributed by atoms with Crippen molar-refractivity contribution in [2.24, 2.45) is 0 Å². The van der Waals surface area contributed by atoms with Gasteiger partial charge in [-0.3, -0.25) is 14.4 Å². The minimum Gasteiger partial charge on any atom is -0.358 e. The lowest BCUT2D eigenvalue weighted by atomic mass is 10.2. The van der Waals surface area contributed by atoms with E-state index in [0.29, 0.717) is 0 Å². The molecular formula is C14H16N2O3. The Morgan fingerprint density at radius 3 is 2.42 bits per heavy atom. The van der Waals surface area contributed by atoms with Crippen molar-refractivity contribution in [1.82, 2.24) is 10.2 Å². The normalized spacial score (nSPS) is 10.2. The van der Waals surface area contributed by atoms with Crippen LogP contribution in [0.4, 0.5) is 0 Å². The topological polar surface area (TPSA) is 66.5 Å². The zero-order valence-corrected chi connectivity index (χ0v) is 10.9. The fourth-order valence-corrected chi connectivity index (χ4v) is 1.36. The summed E-state index contributed by atoms with van der Waals surface area (Å²) in [6, 6.07) is 9.18. The maximum atomic E-state index is 11.7. The van der Waals surface area contributed by atoms with Gasteiger partial charge in [-0.15, -0.1) is 0 Å². The summed E-state index contributed by atoms with van der Waals surface area (Å²) in [7, 11) is 2.88. The van der Waals surface area contributed by atoms with Gasteiger partial charge in [0.05, 0.1) is 6.54 Å². The van der Waals surface area contributed by atoms with Gasteiger partial charge in [0.2, 0.25) is 11.7 Å². The van der Waals surface area contributed by atoms with E-state index < -0.39 is 11.7 Å². The monoisotopic (exact) mass is 260 g/mol. The molecule has 0 unspecified atom stereocenters. The summed E-state index contributed by atoms with van der Waals surface area (Å²) < 4.78 is 0. The molecule has 1 rings (SSSR count). The van der Waals surface area contributed by atoms with Crippen molar-refractivity contribution < 1.29 is 14.4 Å². The minimum atomic E-state index is -0.712. The summed E-state index contributed by atoms with van der Waals surface area (Å²) in [5.74, 6) is -1.69. The summed E-state index contributed by atoms with van der Waals surface area (Å²) in [5.41, 5.74) is 0.831. The molecule has 1 N–H and O–H groups in total. The van der Waals surface area contributed by atoms with E-state index >= 15 is 0 Å². The van der Waals surface area contributed by atoms with Gasteiger partial charge in [0.25, 0.3) is 5.91 Å². The number of ketones is 1. The molecule has 5 nitrogen and oxygen atoms in total. The zero-order chi connectivity index (χ0) is 14.3. The fraction of sp³-hybridized carbons (Fsp3) is 0.214. The van der Waals surface area contributed by atoms with Crippen LogP contribution in [0.1, 0.15) is 5.56 Å². The molecule has 100 valence electrons. The highest BCUT2D eigenvalue weighted by Gasteiger charge is 2.17. The van der Waals surface area contributed by atoms with Gasteiger partial charge in [-0.2, -0.15) is 0 Å². The quantitative estimate of drug-likeness (QED) is 0.618. The van der Waals surface area contributed by atoms with E-state index in [1.807, 2.05) is 30.3 Å². The predicted octanol–water partition coefficient (Wildman–Crippen LogP) is 0.473. The molecule has 0 bridgehead atoms. The standard InChI is InChI=1S/C14H16N2O3/c1-15-13(18)10-16(2)14(19)12(17)9-8-11-6-4-3-5-7-11/h3-9H,10H2,1-2H3,(H,15,18). The number of nitrogens with zero attached hydrogens (tertiary/aromatic N) is 1. The van der Waals surface area contributed by atoms with E-state index in [-0.39, 0.29) is 12.5 Å². The Labute approximate surface area is 111 Å². The SMILES string of the molecule is CNC(=O)CN(C)C(=O)C(=O)C=Cc1ccccc1. The van der Waals surface area contributed by atoms with Gasteiger partial charge in [0.15, 0.2) is 0 Å². The lowest BCUT2D eigenvalue weighted by molar-refractivity contribution is -0.142. The first kappa shape index (κ1) is 14.6. The first-order valence-corrected chi connectivity index (χ1v) is 5.77. The predicted molar refractivity (Wildman–Crippen MR) is 72.2 cm³/mol. The maximum Gasteiger partial charge on any atom is 0.294 e. The molecule has 0 aromatic heterocycles. The van der Waals surface area contributed by atoms with Gasteiger partial charge in [-0.1, -0.05) is 36.4 Å². The highest BCUT2D eigenvalue weighted by molar-refractivity contribution is 6.41. The van der Waals surface area contributed by atoms with Gasteiger partial charge in [0, 0.05) is 14.1 Å². The van der Waals surface area contributed by atoms with E-state index in [2.05, 4.69) is 5.32 Å². The van der Waals surface area contributed by atoms with Crippen LogP contribution in [0.25, 0.3) is 6.08 Å². The number of benzene rings is 1. The number of hydrogen-bond acceptors (Lipinski definition) is 3. The molecule has 2 amide bonds. The van der Waals surface area contributed by atoms with Crippen LogP contribution in [-0.2, 0) is 14.4 Å². The number of carbonyl (C=O) groups is 3. The molecule has 0 fully saturated rings. The van der Waals surface area contributed by atoms with E-state index in [0.717, 1.165) is 10.5 Å². The second-order valence-electron chi connectivity index (χ2n) is 3.94. The van der Waals surface area contributed by atoms with E-state index in [1.165, 1.54) is 20.2 Å². The van der Waals surface area contributed by atoms with Crippen molar-refractivity contribution in [2.75, 3.05) is 20.6 Å². The summed E-state index contributed by atoms with van der Waals surface area (Å²) in [5, 5.41) is 2.39. The van der Waals surface area contributed by atoms with Crippen LogP contribution in [0, 0.1) is 0 Å². The van der Waals surface area contributed by atoms with Crippen LogP contribution < -0.4 is 5.32 Å². The van der Waals surface area contributed by atoms with Crippen molar-refractivity contribution >= 4 is 23.7 Å². The number of amides is 2. The Morgan fingerprint density at radius 2 is 1.84 bits per heavy atom. The molecular weight excluding hydrogens is 244 g/mol. The second kappa shape index (κ2) is 7.10. The average Bonchev–Trinajstić information content (AvgIpc) is 2.44. The van der Waals surface area contributed by atoms with Gasteiger partial charge in [0.1, 0.15) is 0 Å². The molecule has 19 heavy (non-hydrogen) atoms. The van der Waals surface area contributed by atoms with Crippen LogP contribution in [-0.4, -0.2) is 43.1 Å². The third-order valence-electron chi connectivity index (χ3n) is 2.44. The Bertz CT molecular complexity index is 495. The number of rotatable bonds is 5. The molecule has 1 aromatic carbocycles. The van der Waals surface area contributed by atoms with Crippen LogP contribution in [0.2, 0.25) is 0 Å².